The molecule has 19 heavy (non-hydrogen) atoms. The Morgan fingerprint density at radius 3 is 2.84 bits per heavy atom. The zero-order valence-electron chi connectivity index (χ0n) is 11.7. The molecule has 1 amide bonds. The number of aromatic amines is 1. The number of hydrogen-bond acceptors (Lipinski definition) is 3. The first kappa shape index (κ1) is 16.0. The highest BCUT2D eigenvalue weighted by Gasteiger charge is 2.08. The van der Waals surface area contributed by atoms with E-state index < -0.39 is 0 Å². The summed E-state index contributed by atoms with van der Waals surface area (Å²) in [6.07, 6.45) is 4.08. The summed E-state index contributed by atoms with van der Waals surface area (Å²) in [5.41, 5.74) is 0.844. The van der Waals surface area contributed by atoms with Crippen molar-refractivity contribution < 1.29 is 4.79 Å². The minimum Gasteiger partial charge on any atom is -0.355 e. The Morgan fingerprint density at radius 2 is 2.16 bits per heavy atom. The molecule has 0 spiro atoms. The van der Waals surface area contributed by atoms with Crippen LogP contribution in [0.4, 0.5) is 0 Å². The van der Waals surface area contributed by atoms with Gasteiger partial charge in [0.05, 0.1) is 12.2 Å². The van der Waals surface area contributed by atoms with Gasteiger partial charge in [0.25, 0.3) is 0 Å². The van der Waals surface area contributed by atoms with Gasteiger partial charge in [0.15, 0.2) is 5.15 Å². The van der Waals surface area contributed by atoms with Gasteiger partial charge >= 0.3 is 0 Å². The zero-order valence-corrected chi connectivity index (χ0v) is 12.4. The number of nitrogens with zero attached hydrogens (tertiary/aromatic N) is 1. The number of carbonyl (C=O) groups is 1. The summed E-state index contributed by atoms with van der Waals surface area (Å²) in [5.74, 6) is 0.919. The van der Waals surface area contributed by atoms with E-state index in [-0.39, 0.29) is 5.91 Å². The fourth-order valence-corrected chi connectivity index (χ4v) is 1.86. The Morgan fingerprint density at radius 1 is 1.37 bits per heavy atom. The van der Waals surface area contributed by atoms with Crippen LogP contribution >= 0.6 is 11.6 Å². The third-order valence-electron chi connectivity index (χ3n) is 2.70. The average molecular weight is 287 g/mol. The van der Waals surface area contributed by atoms with Crippen LogP contribution in [-0.2, 0) is 17.8 Å². The highest BCUT2D eigenvalue weighted by Crippen LogP contribution is 2.13. The number of unbranched alkanes of at least 4 members (excludes halogenated alkanes) is 1. The second kappa shape index (κ2) is 8.93. The monoisotopic (exact) mass is 286 g/mol. The minimum atomic E-state index is 0.00342. The Hall–Kier alpha value is -1.07. The van der Waals surface area contributed by atoms with Crippen LogP contribution in [0, 0.1) is 0 Å². The number of aryl methyl sites for hydroxylation is 1. The van der Waals surface area contributed by atoms with Crippen LogP contribution in [0.5, 0.6) is 0 Å². The molecule has 0 unspecified atom stereocenters. The second-order valence-corrected chi connectivity index (χ2v) is 4.87. The van der Waals surface area contributed by atoms with E-state index in [1.165, 1.54) is 0 Å². The second-order valence-electron chi connectivity index (χ2n) is 4.51. The molecule has 3 N–H and O–H groups in total. The van der Waals surface area contributed by atoms with Crippen LogP contribution in [0.3, 0.4) is 0 Å². The van der Waals surface area contributed by atoms with Crippen LogP contribution in [0.2, 0.25) is 5.15 Å². The van der Waals surface area contributed by atoms with Gasteiger partial charge in [-0.3, -0.25) is 4.79 Å². The molecule has 0 fully saturated rings. The summed E-state index contributed by atoms with van der Waals surface area (Å²) >= 11 is 6.04. The molecule has 0 aromatic carbocycles. The predicted molar refractivity (Wildman–Crippen MR) is 77.2 cm³/mol. The molecule has 0 saturated heterocycles. The molecule has 0 bridgehead atoms. The van der Waals surface area contributed by atoms with Gasteiger partial charge in [-0.15, -0.1) is 0 Å². The molecule has 0 aliphatic carbocycles. The first-order valence-corrected chi connectivity index (χ1v) is 7.25. The number of carbonyl (C=O) groups excluding carboxylic acids is 1. The Labute approximate surface area is 119 Å². The van der Waals surface area contributed by atoms with Gasteiger partial charge in [-0.2, -0.15) is 0 Å². The third-order valence-corrected chi connectivity index (χ3v) is 3.02. The van der Waals surface area contributed by atoms with Crippen LogP contribution < -0.4 is 10.6 Å². The van der Waals surface area contributed by atoms with Crippen molar-refractivity contribution in [3.8, 4) is 0 Å². The number of nitrogens with one attached hydrogen (secondary N) is 3. The van der Waals surface area contributed by atoms with Gasteiger partial charge in [0, 0.05) is 19.5 Å². The van der Waals surface area contributed by atoms with Crippen LogP contribution in [-0.4, -0.2) is 29.0 Å². The van der Waals surface area contributed by atoms with E-state index in [0.717, 1.165) is 37.2 Å². The molecule has 0 saturated carbocycles. The molecule has 6 heteroatoms. The van der Waals surface area contributed by atoms with Crippen molar-refractivity contribution in [2.75, 3.05) is 13.1 Å². The Balaban J connectivity index is 2.32. The summed E-state index contributed by atoms with van der Waals surface area (Å²) in [6, 6.07) is 0. The number of imidazole rings is 1. The summed E-state index contributed by atoms with van der Waals surface area (Å²) in [4.78, 5) is 18.9. The molecule has 5 nitrogen and oxygen atoms in total. The molecular formula is C13H23ClN4O. The van der Waals surface area contributed by atoms with Gasteiger partial charge < -0.3 is 15.6 Å². The lowest BCUT2D eigenvalue weighted by Crippen LogP contribution is -2.34. The number of aromatic nitrogens is 2. The van der Waals surface area contributed by atoms with Gasteiger partial charge in [0.2, 0.25) is 5.91 Å². The molecule has 0 aliphatic heterocycles. The molecule has 1 aromatic heterocycles. The molecule has 108 valence electrons. The molecule has 0 aliphatic rings. The van der Waals surface area contributed by atoms with E-state index in [2.05, 4.69) is 27.5 Å². The minimum absolute atomic E-state index is 0.00342. The number of rotatable bonds is 9. The molecule has 0 atom stereocenters. The zero-order chi connectivity index (χ0) is 14.1. The highest BCUT2D eigenvalue weighted by molar-refractivity contribution is 6.30. The van der Waals surface area contributed by atoms with Crippen molar-refractivity contribution >= 4 is 17.5 Å². The predicted octanol–water partition coefficient (Wildman–Crippen LogP) is 2.02. The largest absolute Gasteiger partial charge is 0.355 e. The quantitative estimate of drug-likeness (QED) is 0.650. The van der Waals surface area contributed by atoms with Gasteiger partial charge in [-0.05, 0) is 12.8 Å². The lowest BCUT2D eigenvalue weighted by atomic mass is 10.2. The summed E-state index contributed by atoms with van der Waals surface area (Å²) in [5, 5.41) is 6.35. The van der Waals surface area contributed by atoms with Crippen molar-refractivity contribution in [3.05, 3.63) is 16.7 Å². The fraction of sp³-hybridized carbons (Fsp3) is 0.692. The topological polar surface area (TPSA) is 69.8 Å². The molecule has 1 aromatic rings. The average Bonchev–Trinajstić information content (AvgIpc) is 2.74. The standard InChI is InChI=1S/C13H23ClN4O/c1-3-5-6-11-17-10(13(14)18-11)8-15-9-12(19)16-7-4-2/h15H,3-9H2,1-2H3,(H,16,19)(H,17,18). The Kier molecular flexibility index (Phi) is 7.52. The molecule has 1 heterocycles. The maximum Gasteiger partial charge on any atom is 0.233 e. The molecular weight excluding hydrogens is 264 g/mol. The van der Waals surface area contributed by atoms with E-state index in [1.807, 2.05) is 6.92 Å². The highest BCUT2D eigenvalue weighted by atomic mass is 35.5. The van der Waals surface area contributed by atoms with E-state index in [4.69, 9.17) is 11.6 Å². The summed E-state index contributed by atoms with van der Waals surface area (Å²) in [7, 11) is 0. The number of hydrogen-bond donors (Lipinski definition) is 3. The van der Waals surface area contributed by atoms with Crippen LogP contribution in [0.1, 0.15) is 44.6 Å². The normalized spacial score (nSPS) is 10.7. The molecule has 1 rings (SSSR count). The summed E-state index contributed by atoms with van der Waals surface area (Å²) < 4.78 is 0. The summed E-state index contributed by atoms with van der Waals surface area (Å²) in [6.45, 7) is 5.70. The maximum absolute atomic E-state index is 11.4. The van der Waals surface area contributed by atoms with E-state index in [1.54, 1.807) is 0 Å². The molecule has 0 radical (unpaired) electrons. The van der Waals surface area contributed by atoms with Crippen molar-refractivity contribution in [3.63, 3.8) is 0 Å². The van der Waals surface area contributed by atoms with Crippen molar-refractivity contribution in [2.24, 2.45) is 0 Å². The number of H-pyrrole nitrogens is 1. The fourth-order valence-electron chi connectivity index (χ4n) is 1.65. The lowest BCUT2D eigenvalue weighted by molar-refractivity contribution is -0.120. The first-order chi connectivity index (χ1) is 9.17. The van der Waals surface area contributed by atoms with Crippen molar-refractivity contribution in [2.45, 2.75) is 46.1 Å². The smallest absolute Gasteiger partial charge is 0.233 e. The van der Waals surface area contributed by atoms with Gasteiger partial charge in [-0.1, -0.05) is 31.9 Å². The van der Waals surface area contributed by atoms with Gasteiger partial charge in [-0.25, -0.2) is 4.98 Å². The Bertz CT molecular complexity index is 392. The SMILES string of the molecule is CCCCc1nc(Cl)c(CNCC(=O)NCCC)[nH]1. The number of halogens is 1. The third kappa shape index (κ3) is 6.07. The van der Waals surface area contributed by atoms with Crippen molar-refractivity contribution in [1.82, 2.24) is 20.6 Å². The number of amides is 1. The van der Waals surface area contributed by atoms with Gasteiger partial charge in [0.1, 0.15) is 5.82 Å². The van der Waals surface area contributed by atoms with Crippen LogP contribution in [0.25, 0.3) is 0 Å². The van der Waals surface area contributed by atoms with Crippen molar-refractivity contribution in [1.29, 1.82) is 0 Å². The maximum atomic E-state index is 11.4. The van der Waals surface area contributed by atoms with E-state index in [0.29, 0.717) is 24.8 Å². The van der Waals surface area contributed by atoms with E-state index >= 15 is 0 Å². The van der Waals surface area contributed by atoms with Crippen LogP contribution in [0.15, 0.2) is 0 Å². The lowest BCUT2D eigenvalue weighted by Gasteiger charge is -2.04. The first-order valence-electron chi connectivity index (χ1n) is 6.88. The van der Waals surface area contributed by atoms with E-state index in [9.17, 15) is 4.79 Å².